The van der Waals surface area contributed by atoms with Crippen LogP contribution in [0.3, 0.4) is 0 Å². The summed E-state index contributed by atoms with van der Waals surface area (Å²) in [4.78, 5) is 12.4. The summed E-state index contributed by atoms with van der Waals surface area (Å²) in [5, 5.41) is 2.86. The fourth-order valence-corrected chi connectivity index (χ4v) is 3.70. The Balaban J connectivity index is 1.52. The molecule has 0 atom stereocenters. The highest BCUT2D eigenvalue weighted by atomic mass is 32.2. The number of methoxy groups -OCH3 is 1. The topological polar surface area (TPSA) is 84.5 Å². The van der Waals surface area contributed by atoms with Crippen LogP contribution in [0, 0.1) is 0 Å². The average molecular weight is 410 g/mol. The maximum atomic E-state index is 12.3. The van der Waals surface area contributed by atoms with Gasteiger partial charge < -0.3 is 10.1 Å². The van der Waals surface area contributed by atoms with Crippen LogP contribution in [0.2, 0.25) is 0 Å². The van der Waals surface area contributed by atoms with Gasteiger partial charge >= 0.3 is 0 Å². The van der Waals surface area contributed by atoms with Crippen LogP contribution in [0.1, 0.15) is 21.5 Å². The molecule has 0 spiro atoms. The summed E-state index contributed by atoms with van der Waals surface area (Å²) in [6, 6.07) is 22.5. The fraction of sp³-hybridized carbons (Fsp3) is 0.136. The molecular formula is C22H22N2O4S. The van der Waals surface area contributed by atoms with Crippen molar-refractivity contribution in [3.63, 3.8) is 0 Å². The zero-order valence-corrected chi connectivity index (χ0v) is 16.8. The molecular weight excluding hydrogens is 388 g/mol. The first-order chi connectivity index (χ1) is 14.0. The molecule has 0 heterocycles. The second-order valence-corrected chi connectivity index (χ2v) is 8.13. The number of carbonyl (C=O) groups excluding carboxylic acids is 1. The number of ether oxygens (including phenoxy) is 1. The summed E-state index contributed by atoms with van der Waals surface area (Å²) in [5.74, 6) is 0.521. The molecule has 0 radical (unpaired) electrons. The molecule has 0 saturated heterocycles. The number of sulfonamides is 1. The van der Waals surface area contributed by atoms with E-state index in [-0.39, 0.29) is 17.3 Å². The van der Waals surface area contributed by atoms with Crippen molar-refractivity contribution in [1.29, 1.82) is 0 Å². The largest absolute Gasteiger partial charge is 0.497 e. The molecule has 0 aromatic heterocycles. The second kappa shape index (κ2) is 9.36. The zero-order chi connectivity index (χ0) is 20.7. The lowest BCUT2D eigenvalue weighted by atomic mass is 10.1. The van der Waals surface area contributed by atoms with Crippen LogP contribution in [-0.4, -0.2) is 21.4 Å². The molecule has 0 aliphatic heterocycles. The Kier molecular flexibility index (Phi) is 6.64. The third-order valence-electron chi connectivity index (χ3n) is 4.35. The summed E-state index contributed by atoms with van der Waals surface area (Å²) in [5.41, 5.74) is 2.30. The first-order valence-electron chi connectivity index (χ1n) is 9.03. The van der Waals surface area contributed by atoms with E-state index in [9.17, 15) is 13.2 Å². The van der Waals surface area contributed by atoms with Crippen molar-refractivity contribution in [1.82, 2.24) is 10.0 Å². The summed E-state index contributed by atoms with van der Waals surface area (Å²) >= 11 is 0. The third-order valence-corrected chi connectivity index (χ3v) is 5.77. The van der Waals surface area contributed by atoms with Gasteiger partial charge in [0.1, 0.15) is 5.75 Å². The molecule has 3 aromatic rings. The number of rotatable bonds is 8. The highest BCUT2D eigenvalue weighted by molar-refractivity contribution is 7.89. The predicted octanol–water partition coefficient (Wildman–Crippen LogP) is 3.10. The minimum Gasteiger partial charge on any atom is -0.497 e. The molecule has 2 N–H and O–H groups in total. The van der Waals surface area contributed by atoms with E-state index in [1.807, 2.05) is 24.3 Å². The lowest BCUT2D eigenvalue weighted by molar-refractivity contribution is 0.0951. The van der Waals surface area contributed by atoms with E-state index in [1.54, 1.807) is 61.7 Å². The van der Waals surface area contributed by atoms with E-state index in [0.717, 1.165) is 11.1 Å². The Morgan fingerprint density at radius 1 is 0.828 bits per heavy atom. The lowest BCUT2D eigenvalue weighted by Crippen LogP contribution is -2.23. The van der Waals surface area contributed by atoms with E-state index in [0.29, 0.717) is 17.9 Å². The number of nitrogens with one attached hydrogen (secondary N) is 2. The average Bonchev–Trinajstić information content (AvgIpc) is 2.77. The Bertz CT molecular complexity index is 1050. The SMILES string of the molecule is COc1ccc(C(=O)NCc2ccc(CNS(=O)(=O)c3ccccc3)cc2)cc1. The van der Waals surface area contributed by atoms with E-state index >= 15 is 0 Å². The highest BCUT2D eigenvalue weighted by Crippen LogP contribution is 2.12. The molecule has 7 heteroatoms. The number of hydrogen-bond donors (Lipinski definition) is 2. The first kappa shape index (κ1) is 20.6. The maximum absolute atomic E-state index is 12.3. The van der Waals surface area contributed by atoms with Crippen molar-refractivity contribution in [3.05, 3.63) is 95.6 Å². The van der Waals surface area contributed by atoms with Crippen LogP contribution < -0.4 is 14.8 Å². The smallest absolute Gasteiger partial charge is 0.251 e. The van der Waals surface area contributed by atoms with Gasteiger partial charge in [0.05, 0.1) is 12.0 Å². The molecule has 0 unspecified atom stereocenters. The highest BCUT2D eigenvalue weighted by Gasteiger charge is 2.12. The van der Waals surface area contributed by atoms with Crippen LogP contribution >= 0.6 is 0 Å². The van der Waals surface area contributed by atoms with E-state index in [2.05, 4.69) is 10.0 Å². The van der Waals surface area contributed by atoms with E-state index in [4.69, 9.17) is 4.74 Å². The molecule has 150 valence electrons. The molecule has 3 aromatic carbocycles. The Morgan fingerprint density at radius 3 is 2.00 bits per heavy atom. The summed E-state index contributed by atoms with van der Waals surface area (Å²) < 4.78 is 32.2. The van der Waals surface area contributed by atoms with Gasteiger partial charge in [0.15, 0.2) is 0 Å². The van der Waals surface area contributed by atoms with Crippen LogP contribution in [-0.2, 0) is 23.1 Å². The van der Waals surface area contributed by atoms with Crippen LogP contribution in [0.25, 0.3) is 0 Å². The van der Waals surface area contributed by atoms with Gasteiger partial charge in [0.2, 0.25) is 10.0 Å². The second-order valence-electron chi connectivity index (χ2n) is 6.37. The third kappa shape index (κ3) is 5.66. The monoisotopic (exact) mass is 410 g/mol. The standard InChI is InChI=1S/C22H22N2O4S/c1-28-20-13-11-19(12-14-20)22(25)23-15-17-7-9-18(10-8-17)16-24-29(26,27)21-5-3-2-4-6-21/h2-14,24H,15-16H2,1H3,(H,23,25). The normalized spacial score (nSPS) is 11.1. The Hall–Kier alpha value is -3.16. The van der Waals surface area contributed by atoms with Gasteiger partial charge in [-0.3, -0.25) is 4.79 Å². The van der Waals surface area contributed by atoms with Crippen molar-refractivity contribution < 1.29 is 17.9 Å². The van der Waals surface area contributed by atoms with Crippen molar-refractivity contribution in [3.8, 4) is 5.75 Å². The van der Waals surface area contributed by atoms with Crippen LogP contribution in [0.15, 0.2) is 83.8 Å². The molecule has 0 saturated carbocycles. The lowest BCUT2D eigenvalue weighted by Gasteiger charge is -2.09. The zero-order valence-electron chi connectivity index (χ0n) is 16.0. The van der Waals surface area contributed by atoms with Crippen LogP contribution in [0.5, 0.6) is 5.75 Å². The van der Waals surface area contributed by atoms with E-state index in [1.165, 1.54) is 0 Å². The molecule has 6 nitrogen and oxygen atoms in total. The van der Waals surface area contributed by atoms with Gasteiger partial charge in [0.25, 0.3) is 5.91 Å². The van der Waals surface area contributed by atoms with Gasteiger partial charge in [-0.1, -0.05) is 42.5 Å². The molecule has 0 bridgehead atoms. The van der Waals surface area contributed by atoms with Crippen molar-refractivity contribution in [2.75, 3.05) is 7.11 Å². The van der Waals surface area contributed by atoms with Crippen molar-refractivity contribution >= 4 is 15.9 Å². The minimum atomic E-state index is -3.54. The molecule has 3 rings (SSSR count). The summed E-state index contributed by atoms with van der Waals surface area (Å²) in [6.07, 6.45) is 0. The van der Waals surface area contributed by atoms with E-state index < -0.39 is 10.0 Å². The molecule has 1 amide bonds. The molecule has 0 fully saturated rings. The van der Waals surface area contributed by atoms with Gasteiger partial charge in [-0.05, 0) is 47.5 Å². The van der Waals surface area contributed by atoms with Gasteiger partial charge in [-0.15, -0.1) is 0 Å². The molecule has 0 aliphatic rings. The predicted molar refractivity (Wildman–Crippen MR) is 111 cm³/mol. The first-order valence-corrected chi connectivity index (χ1v) is 10.5. The summed E-state index contributed by atoms with van der Waals surface area (Å²) in [6.45, 7) is 0.566. The fourth-order valence-electron chi connectivity index (χ4n) is 2.66. The maximum Gasteiger partial charge on any atom is 0.251 e. The Morgan fingerprint density at radius 2 is 1.41 bits per heavy atom. The number of amides is 1. The van der Waals surface area contributed by atoms with Gasteiger partial charge in [0, 0.05) is 18.7 Å². The number of hydrogen-bond acceptors (Lipinski definition) is 4. The number of carbonyl (C=O) groups is 1. The van der Waals surface area contributed by atoms with Gasteiger partial charge in [-0.25, -0.2) is 13.1 Å². The number of benzene rings is 3. The van der Waals surface area contributed by atoms with Crippen molar-refractivity contribution in [2.45, 2.75) is 18.0 Å². The van der Waals surface area contributed by atoms with Crippen LogP contribution in [0.4, 0.5) is 0 Å². The molecule has 29 heavy (non-hydrogen) atoms. The molecule has 0 aliphatic carbocycles. The Labute approximate surface area is 170 Å². The summed E-state index contributed by atoms with van der Waals surface area (Å²) in [7, 11) is -1.97. The van der Waals surface area contributed by atoms with Gasteiger partial charge in [-0.2, -0.15) is 0 Å². The minimum absolute atomic E-state index is 0.174. The van der Waals surface area contributed by atoms with Crippen molar-refractivity contribution in [2.24, 2.45) is 0 Å². The quantitative estimate of drug-likeness (QED) is 0.598.